The number of nitrogens with zero attached hydrogens (tertiary/aromatic N) is 1. The molecule has 1 heterocycles. The third kappa shape index (κ3) is 2.57. The van der Waals surface area contributed by atoms with Crippen molar-refractivity contribution in [1.82, 2.24) is 10.3 Å². The minimum atomic E-state index is -0.310. The van der Waals surface area contributed by atoms with Crippen molar-refractivity contribution in [3.8, 4) is 0 Å². The van der Waals surface area contributed by atoms with Gasteiger partial charge in [0.1, 0.15) is 10.8 Å². The summed E-state index contributed by atoms with van der Waals surface area (Å²) in [5.74, 6) is -0.310. The van der Waals surface area contributed by atoms with Crippen LogP contribution in [-0.4, -0.2) is 17.4 Å². The Labute approximate surface area is 86.1 Å². The normalized spacial score (nSPS) is 9.77. The molecule has 1 aromatic heterocycles. The highest BCUT2D eigenvalue weighted by atomic mass is 35.5. The van der Waals surface area contributed by atoms with Gasteiger partial charge in [0.15, 0.2) is 0 Å². The molecule has 0 saturated heterocycles. The van der Waals surface area contributed by atoms with Crippen LogP contribution in [0.2, 0.25) is 10.2 Å². The van der Waals surface area contributed by atoms with Crippen LogP contribution < -0.4 is 5.32 Å². The van der Waals surface area contributed by atoms with Crippen molar-refractivity contribution in [3.05, 3.63) is 28.0 Å². The van der Waals surface area contributed by atoms with Gasteiger partial charge in [0.2, 0.25) is 0 Å². The van der Waals surface area contributed by atoms with Gasteiger partial charge >= 0.3 is 0 Å². The number of nitrogens with one attached hydrogen (secondary N) is 1. The summed E-state index contributed by atoms with van der Waals surface area (Å²) in [5.41, 5.74) is 0.163. The van der Waals surface area contributed by atoms with Crippen molar-refractivity contribution in [3.63, 3.8) is 0 Å². The van der Waals surface area contributed by atoms with Crippen LogP contribution in [0.3, 0.4) is 0 Å². The van der Waals surface area contributed by atoms with Gasteiger partial charge in [0.25, 0.3) is 5.91 Å². The van der Waals surface area contributed by atoms with Crippen LogP contribution in [0.25, 0.3) is 0 Å². The zero-order chi connectivity index (χ0) is 9.84. The molecular formula is C8H8Cl2N2O. The van der Waals surface area contributed by atoms with Crippen LogP contribution in [0.5, 0.6) is 0 Å². The molecule has 0 fully saturated rings. The second-order valence-electron chi connectivity index (χ2n) is 2.32. The fourth-order valence-electron chi connectivity index (χ4n) is 0.822. The average molecular weight is 219 g/mol. The van der Waals surface area contributed by atoms with Crippen molar-refractivity contribution in [2.45, 2.75) is 6.92 Å². The van der Waals surface area contributed by atoms with E-state index < -0.39 is 0 Å². The molecule has 0 aromatic carbocycles. The summed E-state index contributed by atoms with van der Waals surface area (Å²) in [6.45, 7) is 2.35. The van der Waals surface area contributed by atoms with Gasteiger partial charge in [-0.1, -0.05) is 23.2 Å². The van der Waals surface area contributed by atoms with Crippen molar-refractivity contribution in [2.24, 2.45) is 0 Å². The molecule has 5 heteroatoms. The highest BCUT2D eigenvalue weighted by Crippen LogP contribution is 2.16. The summed E-state index contributed by atoms with van der Waals surface area (Å²) in [7, 11) is 0. The number of hydrogen-bond acceptors (Lipinski definition) is 2. The van der Waals surface area contributed by atoms with E-state index in [1.807, 2.05) is 6.92 Å². The maximum absolute atomic E-state index is 11.3. The van der Waals surface area contributed by atoms with Gasteiger partial charge in [-0.05, 0) is 19.1 Å². The van der Waals surface area contributed by atoms with E-state index in [0.717, 1.165) is 0 Å². The minimum absolute atomic E-state index is 0.163. The molecule has 70 valence electrons. The van der Waals surface area contributed by atoms with Gasteiger partial charge in [0.05, 0.1) is 5.02 Å². The number of hydrogen-bond donors (Lipinski definition) is 1. The Kier molecular flexibility index (Phi) is 3.51. The average Bonchev–Trinajstić information content (AvgIpc) is 2.09. The van der Waals surface area contributed by atoms with Gasteiger partial charge in [-0.15, -0.1) is 0 Å². The van der Waals surface area contributed by atoms with Crippen LogP contribution in [0, 0.1) is 0 Å². The second-order valence-corrected chi connectivity index (χ2v) is 3.12. The van der Waals surface area contributed by atoms with Crippen LogP contribution in [0.4, 0.5) is 0 Å². The number of aromatic nitrogens is 1. The Balaban J connectivity index is 2.99. The minimum Gasteiger partial charge on any atom is -0.351 e. The summed E-state index contributed by atoms with van der Waals surface area (Å²) < 4.78 is 0. The third-order valence-electron chi connectivity index (χ3n) is 1.36. The first-order valence-corrected chi connectivity index (χ1v) is 4.51. The van der Waals surface area contributed by atoms with Crippen LogP contribution in [0.15, 0.2) is 12.1 Å². The van der Waals surface area contributed by atoms with Crippen molar-refractivity contribution in [2.75, 3.05) is 6.54 Å². The van der Waals surface area contributed by atoms with E-state index in [1.54, 1.807) is 6.07 Å². The number of pyridine rings is 1. The van der Waals surface area contributed by atoms with E-state index in [4.69, 9.17) is 23.2 Å². The highest BCUT2D eigenvalue weighted by Gasteiger charge is 2.11. The Morgan fingerprint density at radius 2 is 2.23 bits per heavy atom. The molecule has 0 spiro atoms. The fourth-order valence-corrected chi connectivity index (χ4v) is 1.16. The number of halogens is 2. The van der Waals surface area contributed by atoms with Crippen LogP contribution in [0.1, 0.15) is 17.4 Å². The molecule has 0 atom stereocenters. The zero-order valence-electron chi connectivity index (χ0n) is 6.97. The van der Waals surface area contributed by atoms with Gasteiger partial charge in [-0.2, -0.15) is 0 Å². The first kappa shape index (κ1) is 10.3. The summed E-state index contributed by atoms with van der Waals surface area (Å²) in [6, 6.07) is 3.08. The first-order chi connectivity index (χ1) is 6.15. The molecular weight excluding hydrogens is 211 g/mol. The number of rotatable bonds is 2. The van der Waals surface area contributed by atoms with E-state index >= 15 is 0 Å². The molecule has 0 unspecified atom stereocenters. The lowest BCUT2D eigenvalue weighted by Gasteiger charge is -2.03. The molecule has 13 heavy (non-hydrogen) atoms. The van der Waals surface area contributed by atoms with Crippen molar-refractivity contribution < 1.29 is 4.79 Å². The van der Waals surface area contributed by atoms with E-state index in [0.29, 0.717) is 11.6 Å². The van der Waals surface area contributed by atoms with E-state index in [1.165, 1.54) is 6.07 Å². The lowest BCUT2D eigenvalue weighted by atomic mass is 10.3. The fraction of sp³-hybridized carbons (Fsp3) is 0.250. The molecule has 0 bridgehead atoms. The van der Waals surface area contributed by atoms with Gasteiger partial charge in [0, 0.05) is 6.54 Å². The number of carbonyl (C=O) groups excluding carboxylic acids is 1. The molecule has 1 aromatic rings. The molecule has 0 aliphatic carbocycles. The zero-order valence-corrected chi connectivity index (χ0v) is 8.49. The molecule has 0 aliphatic heterocycles. The molecule has 1 rings (SSSR count). The molecule has 3 nitrogen and oxygen atoms in total. The van der Waals surface area contributed by atoms with E-state index in [9.17, 15) is 4.79 Å². The van der Waals surface area contributed by atoms with Gasteiger partial charge < -0.3 is 5.32 Å². The largest absolute Gasteiger partial charge is 0.351 e. The monoisotopic (exact) mass is 218 g/mol. The van der Waals surface area contributed by atoms with Gasteiger partial charge in [-0.25, -0.2) is 4.98 Å². The van der Waals surface area contributed by atoms with Gasteiger partial charge in [-0.3, -0.25) is 4.79 Å². The maximum Gasteiger partial charge on any atom is 0.271 e. The maximum atomic E-state index is 11.3. The third-order valence-corrected chi connectivity index (χ3v) is 1.88. The first-order valence-electron chi connectivity index (χ1n) is 3.75. The molecule has 1 amide bonds. The predicted molar refractivity (Wildman–Crippen MR) is 52.3 cm³/mol. The van der Waals surface area contributed by atoms with Crippen LogP contribution >= 0.6 is 23.2 Å². The standard InChI is InChI=1S/C8H8Cl2N2O/c1-2-11-8(13)7-5(9)3-4-6(10)12-7/h3-4H,2H2,1H3,(H,11,13). The Morgan fingerprint density at radius 1 is 1.54 bits per heavy atom. The van der Waals surface area contributed by atoms with E-state index in [-0.39, 0.29) is 16.8 Å². The Bertz CT molecular complexity index is 328. The predicted octanol–water partition coefficient (Wildman–Crippen LogP) is 2.14. The summed E-state index contributed by atoms with van der Waals surface area (Å²) >= 11 is 11.4. The molecule has 0 radical (unpaired) electrons. The lowest BCUT2D eigenvalue weighted by Crippen LogP contribution is -2.24. The van der Waals surface area contributed by atoms with E-state index in [2.05, 4.69) is 10.3 Å². The number of carbonyl (C=O) groups is 1. The molecule has 1 N–H and O–H groups in total. The topological polar surface area (TPSA) is 42.0 Å². The molecule has 0 aliphatic rings. The Hall–Kier alpha value is -0.800. The smallest absolute Gasteiger partial charge is 0.271 e. The number of amides is 1. The summed E-state index contributed by atoms with van der Waals surface area (Å²) in [4.78, 5) is 15.1. The SMILES string of the molecule is CCNC(=O)c1nc(Cl)ccc1Cl. The van der Waals surface area contributed by atoms with Crippen LogP contribution in [-0.2, 0) is 0 Å². The molecule has 0 saturated carbocycles. The highest BCUT2D eigenvalue weighted by molar-refractivity contribution is 6.34. The lowest BCUT2D eigenvalue weighted by molar-refractivity contribution is 0.0951. The van der Waals surface area contributed by atoms with Crippen molar-refractivity contribution in [1.29, 1.82) is 0 Å². The quantitative estimate of drug-likeness (QED) is 0.774. The Morgan fingerprint density at radius 3 is 2.85 bits per heavy atom. The summed E-state index contributed by atoms with van der Waals surface area (Å²) in [6.07, 6.45) is 0. The second kappa shape index (κ2) is 4.44. The summed E-state index contributed by atoms with van der Waals surface area (Å²) in [5, 5.41) is 3.14. The van der Waals surface area contributed by atoms with Crippen molar-refractivity contribution >= 4 is 29.1 Å².